The van der Waals surface area contributed by atoms with Crippen LogP contribution in [-0.4, -0.2) is 57.1 Å². The minimum absolute atomic E-state index is 0.309. The van der Waals surface area contributed by atoms with Crippen molar-refractivity contribution in [2.24, 2.45) is 7.05 Å². The Labute approximate surface area is 123 Å². The van der Waals surface area contributed by atoms with Crippen LogP contribution in [0.25, 0.3) is 11.2 Å². The molecule has 0 amide bonds. The van der Waals surface area contributed by atoms with Gasteiger partial charge in [-0.2, -0.15) is 5.10 Å². The summed E-state index contributed by atoms with van der Waals surface area (Å²) < 4.78 is 10.3. The highest BCUT2D eigenvalue weighted by atomic mass is 32.1. The lowest BCUT2D eigenvalue weighted by molar-refractivity contribution is 0.0326. The Morgan fingerprint density at radius 2 is 2.10 bits per heavy atom. The Balaban J connectivity index is 1.92. The Bertz CT molecular complexity index is 664. The number of imidazole rings is 1. The number of aryl methyl sites for hydroxylation is 2. The molecule has 1 aliphatic rings. The van der Waals surface area contributed by atoms with Gasteiger partial charge in [0, 0.05) is 32.7 Å². The van der Waals surface area contributed by atoms with Crippen LogP contribution in [0.5, 0.6) is 0 Å². The monoisotopic (exact) mass is 295 g/mol. The van der Waals surface area contributed by atoms with Crippen molar-refractivity contribution in [1.29, 1.82) is 0 Å². The van der Waals surface area contributed by atoms with Crippen molar-refractivity contribution >= 4 is 23.4 Å². The molecule has 0 radical (unpaired) electrons. The molecule has 110 valence electrons. The quantitative estimate of drug-likeness (QED) is 0.875. The van der Waals surface area contributed by atoms with E-state index in [0.29, 0.717) is 6.04 Å². The minimum atomic E-state index is 0.309. The maximum Gasteiger partial charge on any atom is 0.179 e. The number of H-pyrrole nitrogens is 1. The van der Waals surface area contributed by atoms with Gasteiger partial charge in [-0.05, 0) is 26.1 Å². The van der Waals surface area contributed by atoms with Crippen LogP contribution in [0.1, 0.15) is 18.7 Å². The first kappa shape index (κ1) is 13.8. The van der Waals surface area contributed by atoms with Crippen LogP contribution in [0, 0.1) is 11.7 Å². The fraction of sp³-hybridized carbons (Fsp3) is 0.692. The smallest absolute Gasteiger partial charge is 0.179 e. The molecule has 0 aromatic carbocycles. The standard InChI is InChI=1S/C13H21N5OS/c1-9(8-17-4-6-19-7-5-17)18-12-11(14-13(18)20)10(2)15-16(12)3/h9H,4-8H2,1-3H3,(H,14,20). The fourth-order valence-corrected chi connectivity index (χ4v) is 3.35. The van der Waals surface area contributed by atoms with Gasteiger partial charge >= 0.3 is 0 Å². The molecule has 3 rings (SSSR count). The van der Waals surface area contributed by atoms with E-state index in [1.807, 2.05) is 18.7 Å². The second kappa shape index (κ2) is 5.31. The number of nitrogens with one attached hydrogen (secondary N) is 1. The average Bonchev–Trinajstić information content (AvgIpc) is 2.89. The van der Waals surface area contributed by atoms with Gasteiger partial charge in [-0.15, -0.1) is 0 Å². The van der Waals surface area contributed by atoms with Crippen molar-refractivity contribution in [3.8, 4) is 0 Å². The molecule has 20 heavy (non-hydrogen) atoms. The molecular formula is C13H21N5OS. The molecule has 1 fully saturated rings. The maximum atomic E-state index is 5.49. The van der Waals surface area contributed by atoms with Crippen molar-refractivity contribution < 1.29 is 4.74 Å². The second-order valence-corrected chi connectivity index (χ2v) is 5.86. The number of aromatic amines is 1. The highest BCUT2D eigenvalue weighted by Gasteiger charge is 2.20. The topological polar surface area (TPSA) is 51.0 Å². The lowest BCUT2D eigenvalue weighted by Gasteiger charge is -2.29. The molecule has 6 nitrogen and oxygen atoms in total. The number of aromatic nitrogens is 4. The van der Waals surface area contributed by atoms with Crippen LogP contribution in [0.4, 0.5) is 0 Å². The van der Waals surface area contributed by atoms with Gasteiger partial charge in [-0.25, -0.2) is 0 Å². The van der Waals surface area contributed by atoms with Crippen molar-refractivity contribution in [2.45, 2.75) is 19.9 Å². The van der Waals surface area contributed by atoms with Crippen LogP contribution < -0.4 is 0 Å². The van der Waals surface area contributed by atoms with E-state index >= 15 is 0 Å². The summed E-state index contributed by atoms with van der Waals surface area (Å²) in [7, 11) is 1.97. The van der Waals surface area contributed by atoms with E-state index < -0.39 is 0 Å². The van der Waals surface area contributed by atoms with E-state index in [1.54, 1.807) is 0 Å². The van der Waals surface area contributed by atoms with Crippen LogP contribution in [0.3, 0.4) is 0 Å². The van der Waals surface area contributed by atoms with E-state index in [0.717, 1.165) is 54.5 Å². The van der Waals surface area contributed by atoms with E-state index in [1.165, 1.54) is 0 Å². The highest BCUT2D eigenvalue weighted by molar-refractivity contribution is 7.71. The Kier molecular flexibility index (Phi) is 3.66. The Morgan fingerprint density at radius 1 is 1.40 bits per heavy atom. The third kappa shape index (κ3) is 2.30. The average molecular weight is 295 g/mol. The van der Waals surface area contributed by atoms with Gasteiger partial charge in [0.15, 0.2) is 10.4 Å². The summed E-state index contributed by atoms with van der Waals surface area (Å²) in [6.45, 7) is 8.84. The van der Waals surface area contributed by atoms with Gasteiger partial charge in [0.25, 0.3) is 0 Å². The first-order valence-corrected chi connectivity index (χ1v) is 7.42. The van der Waals surface area contributed by atoms with E-state index in [4.69, 9.17) is 17.0 Å². The minimum Gasteiger partial charge on any atom is -0.379 e. The lowest BCUT2D eigenvalue weighted by atomic mass is 10.3. The van der Waals surface area contributed by atoms with Crippen LogP contribution in [-0.2, 0) is 11.8 Å². The number of rotatable bonds is 3. The van der Waals surface area contributed by atoms with Crippen LogP contribution in [0.15, 0.2) is 0 Å². The molecule has 1 unspecified atom stereocenters. The molecule has 0 spiro atoms. The number of ether oxygens (including phenoxy) is 1. The fourth-order valence-electron chi connectivity index (χ4n) is 2.98. The van der Waals surface area contributed by atoms with E-state index in [-0.39, 0.29) is 0 Å². The summed E-state index contributed by atoms with van der Waals surface area (Å²) in [6.07, 6.45) is 0. The van der Waals surface area contributed by atoms with Crippen molar-refractivity contribution in [3.63, 3.8) is 0 Å². The third-order valence-electron chi connectivity index (χ3n) is 3.94. The molecule has 2 aromatic rings. The van der Waals surface area contributed by atoms with Gasteiger partial charge in [-0.1, -0.05) is 0 Å². The predicted molar refractivity (Wildman–Crippen MR) is 80.6 cm³/mol. The van der Waals surface area contributed by atoms with Crippen LogP contribution >= 0.6 is 12.2 Å². The molecule has 1 N–H and O–H groups in total. The summed E-state index contributed by atoms with van der Waals surface area (Å²) in [5.41, 5.74) is 3.12. The van der Waals surface area contributed by atoms with E-state index in [2.05, 4.69) is 26.5 Å². The van der Waals surface area contributed by atoms with Crippen LogP contribution in [0.2, 0.25) is 0 Å². The highest BCUT2D eigenvalue weighted by Crippen LogP contribution is 2.22. The zero-order valence-corrected chi connectivity index (χ0v) is 13.0. The summed E-state index contributed by atoms with van der Waals surface area (Å²) in [5, 5.41) is 4.47. The molecule has 1 aliphatic heterocycles. The first-order chi connectivity index (χ1) is 9.58. The Morgan fingerprint density at radius 3 is 2.80 bits per heavy atom. The molecule has 7 heteroatoms. The number of fused-ring (bicyclic) bond motifs is 1. The van der Waals surface area contributed by atoms with Gasteiger partial charge in [-0.3, -0.25) is 14.1 Å². The maximum absolute atomic E-state index is 5.49. The lowest BCUT2D eigenvalue weighted by Crippen LogP contribution is -2.39. The molecular weight excluding hydrogens is 274 g/mol. The van der Waals surface area contributed by atoms with Crippen molar-refractivity contribution in [3.05, 3.63) is 10.5 Å². The first-order valence-electron chi connectivity index (χ1n) is 7.02. The molecule has 2 aromatic heterocycles. The van der Waals surface area contributed by atoms with E-state index in [9.17, 15) is 0 Å². The second-order valence-electron chi connectivity index (χ2n) is 5.47. The molecule has 3 heterocycles. The van der Waals surface area contributed by atoms with Gasteiger partial charge in [0.1, 0.15) is 5.52 Å². The van der Waals surface area contributed by atoms with Gasteiger partial charge in [0.05, 0.1) is 18.9 Å². The Hall–Kier alpha value is -1.18. The van der Waals surface area contributed by atoms with Gasteiger partial charge < -0.3 is 9.72 Å². The summed E-state index contributed by atoms with van der Waals surface area (Å²) in [5.74, 6) is 0. The third-order valence-corrected chi connectivity index (χ3v) is 4.24. The van der Waals surface area contributed by atoms with Crippen molar-refractivity contribution in [1.82, 2.24) is 24.2 Å². The largest absolute Gasteiger partial charge is 0.379 e. The predicted octanol–water partition coefficient (Wildman–Crippen LogP) is 1.63. The molecule has 0 bridgehead atoms. The number of morpholine rings is 1. The summed E-state index contributed by atoms with van der Waals surface area (Å²) >= 11 is 5.49. The summed E-state index contributed by atoms with van der Waals surface area (Å²) in [4.78, 5) is 5.71. The molecule has 1 saturated heterocycles. The SMILES string of the molecule is Cc1nn(C)c2c1[nH]c(=S)n2C(C)CN1CCOCC1. The zero-order valence-electron chi connectivity index (χ0n) is 12.2. The van der Waals surface area contributed by atoms with Crippen molar-refractivity contribution in [2.75, 3.05) is 32.8 Å². The molecule has 0 aliphatic carbocycles. The summed E-state index contributed by atoms with van der Waals surface area (Å²) in [6, 6.07) is 0.309. The van der Waals surface area contributed by atoms with Gasteiger partial charge in [0.2, 0.25) is 0 Å². The number of nitrogens with zero attached hydrogens (tertiary/aromatic N) is 4. The zero-order chi connectivity index (χ0) is 14.3. The normalized spacial score (nSPS) is 18.8. The molecule has 0 saturated carbocycles. The number of hydrogen-bond acceptors (Lipinski definition) is 4. The molecule has 1 atom stereocenters. The number of hydrogen-bond donors (Lipinski definition) is 1.